The van der Waals surface area contributed by atoms with E-state index in [0.717, 1.165) is 36.1 Å². The van der Waals surface area contributed by atoms with Crippen LogP contribution in [0.4, 0.5) is 4.39 Å². The highest BCUT2D eigenvalue weighted by atomic mass is 19.1. The van der Waals surface area contributed by atoms with Gasteiger partial charge in [-0.1, -0.05) is 26.3 Å². The highest BCUT2D eigenvalue weighted by Crippen LogP contribution is 2.41. The Kier molecular flexibility index (Phi) is 4.10. The molecule has 2 heterocycles. The van der Waals surface area contributed by atoms with Crippen molar-refractivity contribution in [3.8, 4) is 11.3 Å². The number of rotatable bonds is 6. The molecule has 0 amide bonds. The molecule has 1 aliphatic heterocycles. The Bertz CT molecular complexity index is 692. The van der Waals surface area contributed by atoms with Gasteiger partial charge in [0.1, 0.15) is 11.6 Å². The summed E-state index contributed by atoms with van der Waals surface area (Å²) in [6.45, 7) is 4.18. The number of hydrogen-bond acceptors (Lipinski definition) is 2. The average molecular weight is 300 g/mol. The first-order valence-electron chi connectivity index (χ1n) is 8.00. The molecule has 0 bridgehead atoms. The van der Waals surface area contributed by atoms with Crippen LogP contribution in [-0.2, 0) is 4.79 Å². The Labute approximate surface area is 130 Å². The predicted octanol–water partition coefficient (Wildman–Crippen LogP) is 4.38. The number of aromatic nitrogens is 2. The van der Waals surface area contributed by atoms with Crippen LogP contribution >= 0.6 is 0 Å². The molecule has 3 nitrogen and oxygen atoms in total. The number of imidazole rings is 1. The van der Waals surface area contributed by atoms with Crippen LogP contribution < -0.4 is 0 Å². The maximum atomic E-state index is 13.5. The summed E-state index contributed by atoms with van der Waals surface area (Å²) < 4.78 is 15.5. The molecule has 0 radical (unpaired) electrons. The Balaban J connectivity index is 1.91. The second-order valence-corrected chi connectivity index (χ2v) is 6.00. The molecule has 1 aliphatic rings. The Hall–Kier alpha value is -1.97. The van der Waals surface area contributed by atoms with E-state index < -0.39 is 0 Å². The summed E-state index contributed by atoms with van der Waals surface area (Å²) in [5.74, 6) is 0.170. The van der Waals surface area contributed by atoms with Crippen LogP contribution in [-0.4, -0.2) is 15.3 Å². The van der Waals surface area contributed by atoms with E-state index in [2.05, 4.69) is 18.8 Å². The maximum absolute atomic E-state index is 13.5. The number of halogens is 1. The van der Waals surface area contributed by atoms with Gasteiger partial charge in [0, 0.05) is 17.9 Å². The Morgan fingerprint density at radius 2 is 2.23 bits per heavy atom. The van der Waals surface area contributed by atoms with Crippen molar-refractivity contribution in [2.45, 2.75) is 45.6 Å². The van der Waals surface area contributed by atoms with E-state index >= 15 is 0 Å². The first-order valence-corrected chi connectivity index (χ1v) is 8.00. The third kappa shape index (κ3) is 2.47. The van der Waals surface area contributed by atoms with E-state index in [1.54, 1.807) is 18.6 Å². The summed E-state index contributed by atoms with van der Waals surface area (Å²) in [6, 6.07) is 4.76. The van der Waals surface area contributed by atoms with Gasteiger partial charge in [-0.15, -0.1) is 0 Å². The van der Waals surface area contributed by atoms with E-state index in [1.165, 1.54) is 12.1 Å². The van der Waals surface area contributed by atoms with Crippen molar-refractivity contribution in [3.63, 3.8) is 0 Å². The molecule has 0 saturated carbocycles. The first-order chi connectivity index (χ1) is 10.7. The zero-order valence-electron chi connectivity index (χ0n) is 13.1. The van der Waals surface area contributed by atoms with Gasteiger partial charge in [0.2, 0.25) is 0 Å². The summed E-state index contributed by atoms with van der Waals surface area (Å²) in [5.41, 5.74) is 2.79. The van der Waals surface area contributed by atoms with Crippen molar-refractivity contribution in [2.24, 2.45) is 5.92 Å². The number of hydrogen-bond donors (Lipinski definition) is 0. The van der Waals surface area contributed by atoms with Crippen molar-refractivity contribution in [1.82, 2.24) is 9.55 Å². The largest absolute Gasteiger partial charge is 0.323 e. The molecule has 0 saturated heterocycles. The van der Waals surface area contributed by atoms with Crippen molar-refractivity contribution in [2.75, 3.05) is 0 Å². The minimum atomic E-state index is -0.254. The lowest BCUT2D eigenvalue weighted by Crippen LogP contribution is -2.19. The predicted molar refractivity (Wildman–Crippen MR) is 84.1 cm³/mol. The molecule has 2 atom stereocenters. The van der Waals surface area contributed by atoms with Gasteiger partial charge in [-0.05, 0) is 30.5 Å². The molecule has 3 rings (SSSR count). The van der Waals surface area contributed by atoms with Gasteiger partial charge in [-0.2, -0.15) is 0 Å². The zero-order chi connectivity index (χ0) is 15.7. The lowest BCUT2D eigenvalue weighted by atomic mass is 9.90. The molecule has 0 aliphatic carbocycles. The van der Waals surface area contributed by atoms with E-state index in [1.807, 2.05) is 4.57 Å². The number of benzene rings is 1. The highest BCUT2D eigenvalue weighted by Gasteiger charge is 2.31. The molecule has 116 valence electrons. The quantitative estimate of drug-likeness (QED) is 0.793. The summed E-state index contributed by atoms with van der Waals surface area (Å²) in [5, 5.41) is 0. The third-order valence-corrected chi connectivity index (χ3v) is 4.63. The fourth-order valence-corrected chi connectivity index (χ4v) is 3.46. The van der Waals surface area contributed by atoms with Gasteiger partial charge in [0.25, 0.3) is 0 Å². The number of Topliss-reactive ketones (excluding diaryl/α,β-unsaturated/α-hetero) is 1. The van der Waals surface area contributed by atoms with Crippen molar-refractivity contribution >= 4 is 5.78 Å². The van der Waals surface area contributed by atoms with Crippen LogP contribution in [0.5, 0.6) is 0 Å². The zero-order valence-corrected chi connectivity index (χ0v) is 13.1. The average Bonchev–Trinajstić information content (AvgIpc) is 3.08. The minimum absolute atomic E-state index is 0.0495. The van der Waals surface area contributed by atoms with Crippen LogP contribution in [0.1, 0.15) is 51.1 Å². The molecule has 22 heavy (non-hydrogen) atoms. The summed E-state index contributed by atoms with van der Waals surface area (Å²) >= 11 is 0. The summed E-state index contributed by atoms with van der Waals surface area (Å²) in [4.78, 5) is 16.8. The van der Waals surface area contributed by atoms with Crippen LogP contribution in [0.2, 0.25) is 0 Å². The second kappa shape index (κ2) is 6.03. The van der Waals surface area contributed by atoms with Gasteiger partial charge < -0.3 is 4.57 Å². The van der Waals surface area contributed by atoms with Crippen LogP contribution in [0, 0.1) is 11.7 Å². The fourth-order valence-electron chi connectivity index (χ4n) is 3.46. The molecule has 2 unspecified atom stereocenters. The number of carbonyl (C=O) groups excluding carboxylic acids is 1. The third-order valence-electron chi connectivity index (χ3n) is 4.63. The van der Waals surface area contributed by atoms with Gasteiger partial charge in [0.05, 0.1) is 24.3 Å². The molecule has 2 aromatic rings. The van der Waals surface area contributed by atoms with Gasteiger partial charge in [-0.25, -0.2) is 9.37 Å². The second-order valence-electron chi connectivity index (χ2n) is 6.00. The molecule has 1 aromatic carbocycles. The fraction of sp³-hybridized carbons (Fsp3) is 0.444. The van der Waals surface area contributed by atoms with Crippen LogP contribution in [0.15, 0.2) is 30.7 Å². The van der Waals surface area contributed by atoms with Crippen molar-refractivity contribution in [3.05, 3.63) is 42.1 Å². The Morgan fingerprint density at radius 3 is 2.95 bits per heavy atom. The van der Waals surface area contributed by atoms with Gasteiger partial charge in [-0.3, -0.25) is 4.79 Å². The molecular formula is C18H21FN2O. The Morgan fingerprint density at radius 1 is 1.41 bits per heavy atom. The number of fused-ring (bicyclic) bond motifs is 3. The lowest BCUT2D eigenvalue weighted by Gasteiger charge is -2.18. The number of nitrogens with zero attached hydrogens (tertiary/aromatic N) is 2. The first kappa shape index (κ1) is 14.9. The van der Waals surface area contributed by atoms with E-state index in [4.69, 9.17) is 0 Å². The molecule has 4 heteroatoms. The molecule has 0 fully saturated rings. The summed E-state index contributed by atoms with van der Waals surface area (Å²) in [7, 11) is 0. The molecule has 0 N–H and O–H groups in total. The molecule has 1 aromatic heterocycles. The SMILES string of the molecule is CCCC(CC)C(=O)CC1c2ccc(F)cc2-c2cncn21. The van der Waals surface area contributed by atoms with Crippen molar-refractivity contribution in [1.29, 1.82) is 0 Å². The molecule has 0 spiro atoms. The minimum Gasteiger partial charge on any atom is -0.323 e. The summed E-state index contributed by atoms with van der Waals surface area (Å²) in [6.07, 6.45) is 6.78. The van der Waals surface area contributed by atoms with Crippen molar-refractivity contribution < 1.29 is 9.18 Å². The lowest BCUT2D eigenvalue weighted by molar-refractivity contribution is -0.123. The standard InChI is InChI=1S/C18H21FN2O/c1-3-5-12(4-2)18(22)9-16-14-7-6-13(19)8-15(14)17-10-20-11-21(16)17/h6-8,10-12,16H,3-5,9H2,1-2H3. The smallest absolute Gasteiger partial charge is 0.138 e. The highest BCUT2D eigenvalue weighted by molar-refractivity contribution is 5.83. The molecular weight excluding hydrogens is 279 g/mol. The monoisotopic (exact) mass is 300 g/mol. The topological polar surface area (TPSA) is 34.9 Å². The maximum Gasteiger partial charge on any atom is 0.138 e. The van der Waals surface area contributed by atoms with E-state index in [-0.39, 0.29) is 17.8 Å². The number of carbonyl (C=O) groups is 1. The van der Waals surface area contributed by atoms with Gasteiger partial charge >= 0.3 is 0 Å². The van der Waals surface area contributed by atoms with Gasteiger partial charge in [0.15, 0.2) is 0 Å². The normalized spacial score (nSPS) is 17.1. The number of ketones is 1. The van der Waals surface area contributed by atoms with Crippen LogP contribution in [0.25, 0.3) is 11.3 Å². The van der Waals surface area contributed by atoms with Crippen LogP contribution in [0.3, 0.4) is 0 Å². The van der Waals surface area contributed by atoms with E-state index in [9.17, 15) is 9.18 Å². The van der Waals surface area contributed by atoms with E-state index in [0.29, 0.717) is 12.2 Å².